The molecular formula is C15H15BrN2O3S. The number of nitrogens with one attached hydrogen (secondary N) is 2. The summed E-state index contributed by atoms with van der Waals surface area (Å²) in [5.41, 5.74) is 1.53. The summed E-state index contributed by atoms with van der Waals surface area (Å²) >= 11 is 3.34. The molecule has 2 aromatic carbocycles. The van der Waals surface area contributed by atoms with Crippen molar-refractivity contribution in [3.8, 4) is 0 Å². The lowest BCUT2D eigenvalue weighted by Crippen LogP contribution is -2.33. The number of rotatable bonds is 5. The molecule has 0 saturated carbocycles. The van der Waals surface area contributed by atoms with Crippen molar-refractivity contribution >= 4 is 37.5 Å². The molecule has 1 amide bonds. The molecule has 22 heavy (non-hydrogen) atoms. The van der Waals surface area contributed by atoms with Gasteiger partial charge >= 0.3 is 0 Å². The second kappa shape index (κ2) is 7.04. The Morgan fingerprint density at radius 2 is 1.82 bits per heavy atom. The van der Waals surface area contributed by atoms with Gasteiger partial charge < -0.3 is 5.32 Å². The number of halogens is 1. The molecule has 2 rings (SSSR count). The summed E-state index contributed by atoms with van der Waals surface area (Å²) in [4.78, 5) is 12.0. The first-order valence-corrected chi connectivity index (χ1v) is 8.77. The van der Waals surface area contributed by atoms with Crippen molar-refractivity contribution < 1.29 is 13.2 Å². The van der Waals surface area contributed by atoms with E-state index in [0.717, 1.165) is 10.0 Å². The number of sulfonamides is 1. The van der Waals surface area contributed by atoms with Gasteiger partial charge in [-0.15, -0.1) is 0 Å². The number of aryl methyl sites for hydroxylation is 1. The summed E-state index contributed by atoms with van der Waals surface area (Å²) < 4.78 is 27.2. The molecule has 7 heteroatoms. The third kappa shape index (κ3) is 4.40. The van der Waals surface area contributed by atoms with E-state index < -0.39 is 15.9 Å². The molecule has 0 radical (unpaired) electrons. The number of hydrogen-bond acceptors (Lipinski definition) is 3. The Balaban J connectivity index is 1.98. The van der Waals surface area contributed by atoms with Crippen LogP contribution < -0.4 is 10.0 Å². The van der Waals surface area contributed by atoms with Crippen LogP contribution >= 0.6 is 15.9 Å². The van der Waals surface area contributed by atoms with E-state index in [1.54, 1.807) is 30.3 Å². The van der Waals surface area contributed by atoms with Gasteiger partial charge in [0.2, 0.25) is 15.9 Å². The molecule has 0 spiro atoms. The summed E-state index contributed by atoms with van der Waals surface area (Å²) in [6.45, 7) is 1.53. The average Bonchev–Trinajstić information content (AvgIpc) is 2.49. The van der Waals surface area contributed by atoms with Crippen LogP contribution in [0.2, 0.25) is 0 Å². The Labute approximate surface area is 137 Å². The van der Waals surface area contributed by atoms with E-state index in [0.29, 0.717) is 5.69 Å². The molecule has 0 aromatic heterocycles. The third-order valence-corrected chi connectivity index (χ3v) is 4.85. The van der Waals surface area contributed by atoms with Gasteiger partial charge in [-0.25, -0.2) is 13.1 Å². The molecule has 0 atom stereocenters. The molecule has 0 heterocycles. The predicted octanol–water partition coefficient (Wildman–Crippen LogP) is 2.67. The van der Waals surface area contributed by atoms with Crippen LogP contribution in [-0.2, 0) is 14.8 Å². The highest BCUT2D eigenvalue weighted by atomic mass is 79.9. The Kier molecular flexibility index (Phi) is 5.33. The number of carbonyl (C=O) groups is 1. The van der Waals surface area contributed by atoms with Gasteiger partial charge in [0.25, 0.3) is 0 Å². The maximum Gasteiger partial charge on any atom is 0.241 e. The fourth-order valence-corrected chi connectivity index (χ4v) is 3.28. The van der Waals surface area contributed by atoms with Gasteiger partial charge in [0.15, 0.2) is 0 Å². The zero-order valence-electron chi connectivity index (χ0n) is 11.8. The average molecular weight is 383 g/mol. The van der Waals surface area contributed by atoms with Gasteiger partial charge in [0.05, 0.1) is 11.4 Å². The molecule has 5 nitrogen and oxygen atoms in total. The zero-order valence-corrected chi connectivity index (χ0v) is 14.2. The maximum absolute atomic E-state index is 12.0. The summed E-state index contributed by atoms with van der Waals surface area (Å²) in [5, 5.41) is 2.67. The van der Waals surface area contributed by atoms with Crippen LogP contribution in [0.4, 0.5) is 5.69 Å². The van der Waals surface area contributed by atoms with Crippen LogP contribution in [-0.4, -0.2) is 20.9 Å². The van der Waals surface area contributed by atoms with E-state index >= 15 is 0 Å². The Bertz CT molecular complexity index is 777. The van der Waals surface area contributed by atoms with Crippen LogP contribution in [0.3, 0.4) is 0 Å². The summed E-state index contributed by atoms with van der Waals surface area (Å²) in [5.74, 6) is -0.426. The largest absolute Gasteiger partial charge is 0.325 e. The first-order chi connectivity index (χ1) is 10.4. The van der Waals surface area contributed by atoms with Crippen molar-refractivity contribution in [2.75, 3.05) is 11.9 Å². The Hall–Kier alpha value is -1.70. The predicted molar refractivity (Wildman–Crippen MR) is 89.1 cm³/mol. The van der Waals surface area contributed by atoms with Crippen LogP contribution in [0.1, 0.15) is 5.56 Å². The molecule has 2 aromatic rings. The van der Waals surface area contributed by atoms with Crippen molar-refractivity contribution in [1.29, 1.82) is 0 Å². The highest BCUT2D eigenvalue weighted by Crippen LogP contribution is 2.19. The normalized spacial score (nSPS) is 11.2. The number of amides is 1. The second-order valence-electron chi connectivity index (χ2n) is 4.65. The lowest BCUT2D eigenvalue weighted by atomic mass is 10.2. The van der Waals surface area contributed by atoms with Crippen LogP contribution in [0.25, 0.3) is 0 Å². The third-order valence-electron chi connectivity index (χ3n) is 2.94. The molecule has 0 fully saturated rings. The minimum atomic E-state index is -3.68. The van der Waals surface area contributed by atoms with E-state index in [1.165, 1.54) is 12.1 Å². The number of anilines is 1. The number of hydrogen-bond donors (Lipinski definition) is 2. The van der Waals surface area contributed by atoms with E-state index in [1.807, 2.05) is 13.0 Å². The first-order valence-electron chi connectivity index (χ1n) is 6.49. The molecule has 0 saturated heterocycles. The number of carbonyl (C=O) groups excluding carboxylic acids is 1. The van der Waals surface area contributed by atoms with E-state index in [2.05, 4.69) is 26.0 Å². The van der Waals surface area contributed by atoms with Gasteiger partial charge in [0.1, 0.15) is 0 Å². The van der Waals surface area contributed by atoms with Gasteiger partial charge in [-0.05, 0) is 42.8 Å². The Morgan fingerprint density at radius 3 is 2.45 bits per heavy atom. The lowest BCUT2D eigenvalue weighted by molar-refractivity contribution is -0.115. The smallest absolute Gasteiger partial charge is 0.241 e. The standard InChI is InChI=1S/C15H15BrN2O3S/c1-11-9-12(16)7-8-14(11)18-15(19)10-17-22(20,21)13-5-3-2-4-6-13/h2-9,17H,10H2,1H3,(H,18,19). The minimum Gasteiger partial charge on any atom is -0.325 e. The highest BCUT2D eigenvalue weighted by molar-refractivity contribution is 9.10. The quantitative estimate of drug-likeness (QED) is 0.834. The molecule has 2 N–H and O–H groups in total. The van der Waals surface area contributed by atoms with Gasteiger partial charge in [0, 0.05) is 10.2 Å². The van der Waals surface area contributed by atoms with Gasteiger partial charge in [-0.3, -0.25) is 4.79 Å². The topological polar surface area (TPSA) is 75.3 Å². The van der Waals surface area contributed by atoms with Crippen LogP contribution in [0.5, 0.6) is 0 Å². The van der Waals surface area contributed by atoms with Gasteiger partial charge in [-0.1, -0.05) is 34.1 Å². The van der Waals surface area contributed by atoms with Crippen molar-refractivity contribution in [3.05, 3.63) is 58.6 Å². The SMILES string of the molecule is Cc1cc(Br)ccc1NC(=O)CNS(=O)(=O)c1ccccc1. The highest BCUT2D eigenvalue weighted by Gasteiger charge is 2.15. The zero-order chi connectivity index (χ0) is 16.2. The molecule has 0 bridgehead atoms. The molecule has 116 valence electrons. The minimum absolute atomic E-state index is 0.127. The van der Waals surface area contributed by atoms with Crippen molar-refractivity contribution in [1.82, 2.24) is 4.72 Å². The molecule has 0 aliphatic rings. The van der Waals surface area contributed by atoms with Crippen molar-refractivity contribution in [2.24, 2.45) is 0 Å². The van der Waals surface area contributed by atoms with E-state index in [9.17, 15) is 13.2 Å². The van der Waals surface area contributed by atoms with Crippen LogP contribution in [0.15, 0.2) is 57.9 Å². The molecule has 0 aliphatic carbocycles. The van der Waals surface area contributed by atoms with E-state index in [-0.39, 0.29) is 11.4 Å². The first kappa shape index (κ1) is 16.7. The Morgan fingerprint density at radius 1 is 1.14 bits per heavy atom. The van der Waals surface area contributed by atoms with Crippen molar-refractivity contribution in [3.63, 3.8) is 0 Å². The molecule has 0 unspecified atom stereocenters. The summed E-state index contributed by atoms with van der Waals surface area (Å²) in [7, 11) is -3.68. The second-order valence-corrected chi connectivity index (χ2v) is 7.33. The maximum atomic E-state index is 12.0. The summed E-state index contributed by atoms with van der Waals surface area (Å²) in [6, 6.07) is 13.3. The monoisotopic (exact) mass is 382 g/mol. The molecular weight excluding hydrogens is 368 g/mol. The van der Waals surface area contributed by atoms with Crippen molar-refractivity contribution in [2.45, 2.75) is 11.8 Å². The van der Waals surface area contributed by atoms with Crippen LogP contribution in [0, 0.1) is 6.92 Å². The number of benzene rings is 2. The van der Waals surface area contributed by atoms with E-state index in [4.69, 9.17) is 0 Å². The van der Waals surface area contributed by atoms with Gasteiger partial charge in [-0.2, -0.15) is 0 Å². The fourth-order valence-electron chi connectivity index (χ4n) is 1.81. The molecule has 0 aliphatic heterocycles. The fraction of sp³-hybridized carbons (Fsp3) is 0.133. The summed E-state index contributed by atoms with van der Waals surface area (Å²) in [6.07, 6.45) is 0. The lowest BCUT2D eigenvalue weighted by Gasteiger charge is -2.10.